The number of carbonyl (C=O) groups excluding carboxylic acids is 1. The Labute approximate surface area is 116 Å². The molecule has 0 bridgehead atoms. The minimum Gasteiger partial charge on any atom is -0.398 e. The fourth-order valence-electron chi connectivity index (χ4n) is 2.25. The minimum absolute atomic E-state index is 0.112. The number of benzene rings is 1. The number of nitrogens with two attached hydrogens (primary N) is 1. The van der Waals surface area contributed by atoms with E-state index in [2.05, 4.69) is 0 Å². The van der Waals surface area contributed by atoms with Crippen molar-refractivity contribution in [3.05, 3.63) is 33.9 Å². The third-order valence-corrected chi connectivity index (χ3v) is 3.68. The number of piperidine rings is 1. The van der Waals surface area contributed by atoms with Gasteiger partial charge in [0.05, 0.1) is 16.6 Å². The van der Waals surface area contributed by atoms with Crippen LogP contribution in [0.1, 0.15) is 23.7 Å². The van der Waals surface area contributed by atoms with Gasteiger partial charge in [-0.05, 0) is 18.4 Å². The summed E-state index contributed by atoms with van der Waals surface area (Å²) < 4.78 is 0. The predicted molar refractivity (Wildman–Crippen MR) is 73.2 cm³/mol. The van der Waals surface area contributed by atoms with Crippen LogP contribution < -0.4 is 5.73 Å². The molecule has 1 aliphatic heterocycles. The summed E-state index contributed by atoms with van der Waals surface area (Å²) in [5, 5.41) is 20.6. The first-order valence-corrected chi connectivity index (χ1v) is 6.41. The van der Waals surface area contributed by atoms with Crippen LogP contribution in [0, 0.1) is 16.0 Å². The highest BCUT2D eigenvalue weighted by Crippen LogP contribution is 2.24. The van der Waals surface area contributed by atoms with Crippen LogP contribution in [0.4, 0.5) is 11.4 Å². The number of aliphatic hydroxyl groups excluding tert-OH is 1. The summed E-state index contributed by atoms with van der Waals surface area (Å²) in [7, 11) is 0. The maximum atomic E-state index is 12.4. The van der Waals surface area contributed by atoms with Gasteiger partial charge < -0.3 is 15.7 Å². The van der Waals surface area contributed by atoms with Crippen molar-refractivity contribution in [1.82, 2.24) is 4.90 Å². The molecule has 1 fully saturated rings. The van der Waals surface area contributed by atoms with Gasteiger partial charge in [-0.2, -0.15) is 0 Å². The van der Waals surface area contributed by atoms with Crippen molar-refractivity contribution in [2.24, 2.45) is 5.92 Å². The smallest absolute Gasteiger partial charge is 0.270 e. The van der Waals surface area contributed by atoms with Gasteiger partial charge in [0.25, 0.3) is 11.6 Å². The predicted octanol–water partition coefficient (Wildman–Crippen LogP) is 1.02. The number of nitro groups is 1. The molecule has 0 spiro atoms. The summed E-state index contributed by atoms with van der Waals surface area (Å²) in [6.07, 6.45) is 0.120. The first kappa shape index (κ1) is 14.3. The second kappa shape index (κ2) is 5.46. The number of hydrogen-bond acceptors (Lipinski definition) is 5. The lowest BCUT2D eigenvalue weighted by Crippen LogP contribution is -2.46. The van der Waals surface area contributed by atoms with E-state index in [9.17, 15) is 20.0 Å². The number of non-ortho nitro benzene ring substituents is 1. The Morgan fingerprint density at radius 1 is 1.55 bits per heavy atom. The summed E-state index contributed by atoms with van der Waals surface area (Å²) >= 11 is 0. The monoisotopic (exact) mass is 279 g/mol. The second-order valence-electron chi connectivity index (χ2n) is 5.11. The Morgan fingerprint density at radius 2 is 2.25 bits per heavy atom. The molecule has 1 aromatic rings. The van der Waals surface area contributed by atoms with Crippen LogP contribution in [0.5, 0.6) is 0 Å². The number of nitrogen functional groups attached to an aromatic ring is 1. The van der Waals surface area contributed by atoms with Crippen molar-refractivity contribution in [1.29, 1.82) is 0 Å². The Morgan fingerprint density at radius 3 is 2.85 bits per heavy atom. The summed E-state index contributed by atoms with van der Waals surface area (Å²) in [6.45, 7) is 2.66. The van der Waals surface area contributed by atoms with Crippen LogP contribution in [0.15, 0.2) is 18.2 Å². The fraction of sp³-hybridized carbons (Fsp3) is 0.462. The van der Waals surface area contributed by atoms with Crippen LogP contribution in [0.25, 0.3) is 0 Å². The number of hydrogen-bond donors (Lipinski definition) is 2. The first-order chi connectivity index (χ1) is 9.40. The zero-order valence-electron chi connectivity index (χ0n) is 11.2. The zero-order valence-corrected chi connectivity index (χ0v) is 11.2. The van der Waals surface area contributed by atoms with E-state index < -0.39 is 11.0 Å². The van der Waals surface area contributed by atoms with E-state index in [1.165, 1.54) is 23.1 Å². The van der Waals surface area contributed by atoms with Gasteiger partial charge in [0.15, 0.2) is 0 Å². The molecular formula is C13H17N3O4. The van der Waals surface area contributed by atoms with E-state index in [0.717, 1.165) is 0 Å². The van der Waals surface area contributed by atoms with Crippen molar-refractivity contribution in [2.75, 3.05) is 18.8 Å². The van der Waals surface area contributed by atoms with Gasteiger partial charge in [0.2, 0.25) is 0 Å². The Bertz CT molecular complexity index is 546. The molecule has 0 aromatic heterocycles. The number of rotatable bonds is 2. The number of nitrogens with zero attached hydrogens (tertiary/aromatic N) is 2. The molecular weight excluding hydrogens is 262 g/mol. The van der Waals surface area contributed by atoms with E-state index in [1.807, 2.05) is 6.92 Å². The van der Waals surface area contributed by atoms with Gasteiger partial charge >= 0.3 is 0 Å². The van der Waals surface area contributed by atoms with Crippen LogP contribution in [0.3, 0.4) is 0 Å². The molecule has 1 aliphatic rings. The van der Waals surface area contributed by atoms with Crippen LogP contribution in [0.2, 0.25) is 0 Å². The van der Waals surface area contributed by atoms with Crippen molar-refractivity contribution in [2.45, 2.75) is 19.4 Å². The molecule has 0 radical (unpaired) electrons. The number of likely N-dealkylation sites (tertiary alicyclic amines) is 1. The van der Waals surface area contributed by atoms with E-state index in [1.54, 1.807) is 0 Å². The highest BCUT2D eigenvalue weighted by Gasteiger charge is 2.29. The van der Waals surface area contributed by atoms with Crippen molar-refractivity contribution >= 4 is 17.3 Å². The molecule has 0 unspecified atom stereocenters. The first-order valence-electron chi connectivity index (χ1n) is 6.41. The SMILES string of the molecule is C[C@H]1CCN(C(=O)c2cc([N+](=O)[O-])ccc2N)C[C@H]1O. The zero-order chi connectivity index (χ0) is 14.9. The lowest BCUT2D eigenvalue weighted by molar-refractivity contribution is -0.384. The van der Waals surface area contributed by atoms with E-state index in [0.29, 0.717) is 13.0 Å². The molecule has 2 rings (SSSR count). The number of amides is 1. The second-order valence-corrected chi connectivity index (χ2v) is 5.11. The topological polar surface area (TPSA) is 110 Å². The molecule has 1 saturated heterocycles. The van der Waals surface area contributed by atoms with Crippen molar-refractivity contribution < 1.29 is 14.8 Å². The molecule has 7 nitrogen and oxygen atoms in total. The summed E-state index contributed by atoms with van der Waals surface area (Å²) in [4.78, 5) is 24.0. The third-order valence-electron chi connectivity index (χ3n) is 3.68. The number of anilines is 1. The molecule has 20 heavy (non-hydrogen) atoms. The molecule has 0 saturated carbocycles. The number of β-amino-alcohol motifs (C(OH)–C–C–N with tert-alkyl or cyclic N) is 1. The van der Waals surface area contributed by atoms with Gasteiger partial charge in [-0.15, -0.1) is 0 Å². The van der Waals surface area contributed by atoms with Gasteiger partial charge in [-0.1, -0.05) is 6.92 Å². The van der Waals surface area contributed by atoms with Crippen LogP contribution in [-0.2, 0) is 0 Å². The molecule has 1 amide bonds. The largest absolute Gasteiger partial charge is 0.398 e. The maximum absolute atomic E-state index is 12.4. The lowest BCUT2D eigenvalue weighted by atomic mass is 9.95. The Hall–Kier alpha value is -2.15. The highest BCUT2D eigenvalue weighted by molar-refractivity contribution is 5.99. The van der Waals surface area contributed by atoms with E-state index in [4.69, 9.17) is 5.73 Å². The maximum Gasteiger partial charge on any atom is 0.270 e. The van der Waals surface area contributed by atoms with Gasteiger partial charge in [0, 0.05) is 30.9 Å². The lowest BCUT2D eigenvalue weighted by Gasteiger charge is -2.34. The number of carbonyl (C=O) groups is 1. The molecule has 3 N–H and O–H groups in total. The van der Waals surface area contributed by atoms with E-state index in [-0.39, 0.29) is 35.3 Å². The third kappa shape index (κ3) is 2.72. The van der Waals surface area contributed by atoms with Gasteiger partial charge in [-0.25, -0.2) is 0 Å². The summed E-state index contributed by atoms with van der Waals surface area (Å²) in [6, 6.07) is 3.80. The average Bonchev–Trinajstić information content (AvgIpc) is 2.41. The van der Waals surface area contributed by atoms with Crippen LogP contribution in [-0.4, -0.2) is 40.0 Å². The average molecular weight is 279 g/mol. The summed E-state index contributed by atoms with van der Waals surface area (Å²) in [5.41, 5.74) is 5.87. The number of aliphatic hydroxyl groups is 1. The van der Waals surface area contributed by atoms with Crippen molar-refractivity contribution in [3.8, 4) is 0 Å². The standard InChI is InChI=1S/C13H17N3O4/c1-8-4-5-15(7-12(8)17)13(18)10-6-9(16(19)20)2-3-11(10)14/h2-3,6,8,12,17H,4-5,7,14H2,1H3/t8-,12+/m0/s1. The van der Waals surface area contributed by atoms with Gasteiger partial charge in [0.1, 0.15) is 0 Å². The quantitative estimate of drug-likeness (QED) is 0.477. The molecule has 1 heterocycles. The molecule has 1 aromatic carbocycles. The summed E-state index contributed by atoms with van der Waals surface area (Å²) in [5.74, 6) is -0.237. The molecule has 108 valence electrons. The van der Waals surface area contributed by atoms with E-state index >= 15 is 0 Å². The number of nitro benzene ring substituents is 1. The van der Waals surface area contributed by atoms with Crippen molar-refractivity contribution in [3.63, 3.8) is 0 Å². The fourth-order valence-corrected chi connectivity index (χ4v) is 2.25. The normalized spacial score (nSPS) is 22.6. The molecule has 7 heteroatoms. The van der Waals surface area contributed by atoms with Gasteiger partial charge in [-0.3, -0.25) is 14.9 Å². The molecule has 0 aliphatic carbocycles. The highest BCUT2D eigenvalue weighted by atomic mass is 16.6. The van der Waals surface area contributed by atoms with Crippen LogP contribution >= 0.6 is 0 Å². The minimum atomic E-state index is -0.576. The Balaban J connectivity index is 2.25. The molecule has 2 atom stereocenters. The Kier molecular flexibility index (Phi) is 3.89.